The highest BCUT2D eigenvalue weighted by Crippen LogP contribution is 2.13. The standard InChI is InChI=1S/C20H34N4O5/c1-5-13(2)19(21-4)20(29)22-12-16(26)23-15(14(3)25)8-6-7-11-24-17(27)9-10-18(24)28/h13,15,19,21H,5-12H2,1-4H3,(H,22,29)(H,23,26)/t13?,15-,19-/m0/s1. The first-order valence-corrected chi connectivity index (χ1v) is 10.3. The van der Waals surface area contributed by atoms with Crippen LogP contribution in [0.5, 0.6) is 0 Å². The lowest BCUT2D eigenvalue weighted by Crippen LogP contribution is -2.50. The van der Waals surface area contributed by atoms with Crippen LogP contribution < -0.4 is 16.0 Å². The minimum absolute atomic E-state index is 0.127. The molecule has 9 heteroatoms. The van der Waals surface area contributed by atoms with Gasteiger partial charge in [-0.25, -0.2) is 0 Å². The van der Waals surface area contributed by atoms with Crippen LogP contribution in [0.25, 0.3) is 0 Å². The molecule has 1 rings (SSSR count). The van der Waals surface area contributed by atoms with E-state index in [1.807, 2.05) is 13.8 Å². The topological polar surface area (TPSA) is 125 Å². The molecule has 164 valence electrons. The zero-order chi connectivity index (χ0) is 22.0. The van der Waals surface area contributed by atoms with E-state index in [1.165, 1.54) is 11.8 Å². The highest BCUT2D eigenvalue weighted by atomic mass is 16.2. The third-order valence-corrected chi connectivity index (χ3v) is 5.33. The van der Waals surface area contributed by atoms with Crippen LogP contribution in [0.4, 0.5) is 0 Å². The van der Waals surface area contributed by atoms with Crippen LogP contribution in [0.2, 0.25) is 0 Å². The fourth-order valence-electron chi connectivity index (χ4n) is 3.30. The van der Waals surface area contributed by atoms with E-state index >= 15 is 0 Å². The molecule has 0 aliphatic carbocycles. The van der Waals surface area contributed by atoms with Crippen LogP contribution in [-0.4, -0.2) is 66.5 Å². The van der Waals surface area contributed by atoms with Crippen LogP contribution in [0.1, 0.15) is 59.3 Å². The summed E-state index contributed by atoms with van der Waals surface area (Å²) < 4.78 is 0. The molecule has 0 aromatic carbocycles. The number of Topliss-reactive ketones (excluding diaryl/α,β-unsaturated/α-hetero) is 1. The number of carbonyl (C=O) groups excluding carboxylic acids is 5. The number of imide groups is 1. The van der Waals surface area contributed by atoms with Gasteiger partial charge in [-0.1, -0.05) is 20.3 Å². The van der Waals surface area contributed by atoms with Gasteiger partial charge in [0.05, 0.1) is 18.6 Å². The number of amides is 4. The number of nitrogens with zero attached hydrogens (tertiary/aromatic N) is 1. The van der Waals surface area contributed by atoms with Gasteiger partial charge < -0.3 is 16.0 Å². The molecule has 0 spiro atoms. The molecule has 0 aromatic heterocycles. The molecule has 1 saturated heterocycles. The number of nitrogens with one attached hydrogen (secondary N) is 3. The first kappa shape index (κ1) is 24.7. The minimum Gasteiger partial charge on any atom is -0.346 e. The molecule has 29 heavy (non-hydrogen) atoms. The van der Waals surface area contributed by atoms with Crippen molar-refractivity contribution in [2.75, 3.05) is 20.1 Å². The highest BCUT2D eigenvalue weighted by Gasteiger charge is 2.28. The average Bonchev–Trinajstić information content (AvgIpc) is 3.00. The largest absolute Gasteiger partial charge is 0.346 e. The molecule has 3 N–H and O–H groups in total. The van der Waals surface area contributed by atoms with Crippen LogP contribution in [-0.2, 0) is 24.0 Å². The summed E-state index contributed by atoms with van der Waals surface area (Å²) >= 11 is 0. The molecule has 0 saturated carbocycles. The Morgan fingerprint density at radius 2 is 1.72 bits per heavy atom. The van der Waals surface area contributed by atoms with E-state index in [0.29, 0.717) is 25.8 Å². The number of likely N-dealkylation sites (tertiary alicyclic amines) is 1. The van der Waals surface area contributed by atoms with Gasteiger partial charge in [0, 0.05) is 19.4 Å². The van der Waals surface area contributed by atoms with Crippen molar-refractivity contribution in [3.63, 3.8) is 0 Å². The summed E-state index contributed by atoms with van der Waals surface area (Å²) in [5.41, 5.74) is 0. The Bertz CT molecular complexity index is 606. The van der Waals surface area contributed by atoms with E-state index in [2.05, 4.69) is 16.0 Å². The molecule has 1 aliphatic rings. The number of likely N-dealkylation sites (N-methyl/N-ethyl adjacent to an activating group) is 1. The lowest BCUT2D eigenvalue weighted by molar-refractivity contribution is -0.138. The molecular weight excluding hydrogens is 376 g/mol. The molecular formula is C20H34N4O5. The van der Waals surface area contributed by atoms with E-state index in [9.17, 15) is 24.0 Å². The molecule has 1 unspecified atom stereocenters. The summed E-state index contributed by atoms with van der Waals surface area (Å²) in [7, 11) is 1.70. The molecule has 1 aliphatic heterocycles. The highest BCUT2D eigenvalue weighted by molar-refractivity contribution is 6.01. The number of carbonyl (C=O) groups is 5. The first-order valence-electron chi connectivity index (χ1n) is 10.3. The summed E-state index contributed by atoms with van der Waals surface area (Å²) in [6, 6.07) is -1.04. The maximum atomic E-state index is 12.2. The van der Waals surface area contributed by atoms with E-state index in [-0.39, 0.29) is 54.9 Å². The second-order valence-corrected chi connectivity index (χ2v) is 7.54. The van der Waals surface area contributed by atoms with Crippen molar-refractivity contribution >= 4 is 29.4 Å². The van der Waals surface area contributed by atoms with Crippen LogP contribution in [0.15, 0.2) is 0 Å². The maximum Gasteiger partial charge on any atom is 0.239 e. The molecule has 9 nitrogen and oxygen atoms in total. The van der Waals surface area contributed by atoms with Crippen molar-refractivity contribution in [1.82, 2.24) is 20.9 Å². The quantitative estimate of drug-likeness (QED) is 0.293. The second kappa shape index (κ2) is 12.3. The number of unbranched alkanes of at least 4 members (excludes halogenated alkanes) is 1. The van der Waals surface area contributed by atoms with Crippen molar-refractivity contribution in [2.45, 2.75) is 71.4 Å². The summed E-state index contributed by atoms with van der Waals surface area (Å²) in [5.74, 6) is -1.04. The summed E-state index contributed by atoms with van der Waals surface area (Å²) in [5, 5.41) is 8.20. The fraction of sp³-hybridized carbons (Fsp3) is 0.750. The van der Waals surface area contributed by atoms with E-state index in [4.69, 9.17) is 0 Å². The third kappa shape index (κ3) is 7.92. The monoisotopic (exact) mass is 410 g/mol. The summed E-state index contributed by atoms with van der Waals surface area (Å²) in [4.78, 5) is 60.6. The van der Waals surface area contributed by atoms with Crippen LogP contribution in [0.3, 0.4) is 0 Å². The Balaban J connectivity index is 2.39. The van der Waals surface area contributed by atoms with Gasteiger partial charge in [0.15, 0.2) is 5.78 Å². The molecule has 1 fully saturated rings. The van der Waals surface area contributed by atoms with E-state index in [0.717, 1.165) is 6.42 Å². The van der Waals surface area contributed by atoms with Crippen LogP contribution in [0, 0.1) is 5.92 Å². The zero-order valence-corrected chi connectivity index (χ0v) is 17.9. The van der Waals surface area contributed by atoms with Gasteiger partial charge in [0.2, 0.25) is 23.6 Å². The maximum absolute atomic E-state index is 12.2. The fourth-order valence-corrected chi connectivity index (χ4v) is 3.30. The number of hydrogen-bond acceptors (Lipinski definition) is 6. The van der Waals surface area contributed by atoms with Crippen molar-refractivity contribution in [1.29, 1.82) is 0 Å². The summed E-state index contributed by atoms with van der Waals surface area (Å²) in [6.07, 6.45) is 2.93. The lowest BCUT2D eigenvalue weighted by Gasteiger charge is -2.22. The van der Waals surface area contributed by atoms with Gasteiger partial charge in [-0.15, -0.1) is 0 Å². The van der Waals surface area contributed by atoms with Crippen molar-refractivity contribution in [3.05, 3.63) is 0 Å². The Morgan fingerprint density at radius 1 is 1.10 bits per heavy atom. The van der Waals surface area contributed by atoms with E-state index < -0.39 is 11.9 Å². The molecule has 1 heterocycles. The lowest BCUT2D eigenvalue weighted by atomic mass is 9.98. The Labute approximate surface area is 172 Å². The van der Waals surface area contributed by atoms with Gasteiger partial charge in [0.1, 0.15) is 0 Å². The number of ketones is 1. The zero-order valence-electron chi connectivity index (χ0n) is 17.9. The Hall–Kier alpha value is -2.29. The molecule has 0 aromatic rings. The van der Waals surface area contributed by atoms with Crippen molar-refractivity contribution in [2.24, 2.45) is 5.92 Å². The molecule has 0 bridgehead atoms. The van der Waals surface area contributed by atoms with Gasteiger partial charge in [-0.2, -0.15) is 0 Å². The van der Waals surface area contributed by atoms with Gasteiger partial charge in [-0.05, 0) is 39.2 Å². The van der Waals surface area contributed by atoms with Gasteiger partial charge >= 0.3 is 0 Å². The van der Waals surface area contributed by atoms with Crippen molar-refractivity contribution in [3.8, 4) is 0 Å². The normalized spacial score (nSPS) is 17.0. The number of hydrogen-bond donors (Lipinski definition) is 3. The van der Waals surface area contributed by atoms with E-state index in [1.54, 1.807) is 7.05 Å². The molecule has 0 radical (unpaired) electrons. The molecule has 3 atom stereocenters. The smallest absolute Gasteiger partial charge is 0.239 e. The Kier molecular flexibility index (Phi) is 10.5. The minimum atomic E-state index is -0.654. The SMILES string of the molecule is CCC(C)[C@H](NC)C(=O)NCC(=O)N[C@@H](CCCCN1C(=O)CCC1=O)C(C)=O. The third-order valence-electron chi connectivity index (χ3n) is 5.33. The van der Waals surface area contributed by atoms with Gasteiger partial charge in [0.25, 0.3) is 0 Å². The number of rotatable bonds is 13. The summed E-state index contributed by atoms with van der Waals surface area (Å²) in [6.45, 7) is 5.48. The first-order chi connectivity index (χ1) is 13.7. The van der Waals surface area contributed by atoms with Crippen molar-refractivity contribution < 1.29 is 24.0 Å². The Morgan fingerprint density at radius 3 is 2.24 bits per heavy atom. The van der Waals surface area contributed by atoms with Gasteiger partial charge in [-0.3, -0.25) is 28.9 Å². The average molecular weight is 411 g/mol. The van der Waals surface area contributed by atoms with Crippen LogP contribution >= 0.6 is 0 Å². The predicted molar refractivity (Wildman–Crippen MR) is 108 cm³/mol. The second-order valence-electron chi connectivity index (χ2n) is 7.54. The molecule has 4 amide bonds. The predicted octanol–water partition coefficient (Wildman–Crippen LogP) is 0.130.